The van der Waals surface area contributed by atoms with Gasteiger partial charge >= 0.3 is 0 Å². The number of rotatable bonds is 3. The number of carbonyl (C=O) groups is 3. The number of benzene rings is 3. The number of amides is 1. The Balaban J connectivity index is 1.73. The Morgan fingerprint density at radius 2 is 1.51 bits per heavy atom. The number of nitrogens with one attached hydrogen (secondary N) is 2. The molecular formula is C30H23N3O4. The van der Waals surface area contributed by atoms with Gasteiger partial charge in [0.1, 0.15) is 11.5 Å². The van der Waals surface area contributed by atoms with Crippen LogP contribution in [0.15, 0.2) is 83.7 Å². The van der Waals surface area contributed by atoms with E-state index in [1.807, 2.05) is 31.2 Å². The van der Waals surface area contributed by atoms with Gasteiger partial charge in [-0.2, -0.15) is 0 Å². The monoisotopic (exact) mass is 489 g/mol. The third-order valence-corrected chi connectivity index (χ3v) is 7.08. The van der Waals surface area contributed by atoms with E-state index in [4.69, 9.17) is 0 Å². The summed E-state index contributed by atoms with van der Waals surface area (Å²) in [6.45, 7) is 3.26. The zero-order chi connectivity index (χ0) is 25.9. The van der Waals surface area contributed by atoms with Crippen LogP contribution in [0.2, 0.25) is 0 Å². The molecule has 0 radical (unpaired) electrons. The first kappa shape index (κ1) is 22.7. The molecule has 1 aliphatic heterocycles. The van der Waals surface area contributed by atoms with Gasteiger partial charge in [0.05, 0.1) is 23.2 Å². The largest absolute Gasteiger partial charge is 0.344 e. The third kappa shape index (κ3) is 3.35. The molecule has 0 saturated heterocycles. The summed E-state index contributed by atoms with van der Waals surface area (Å²) in [5.41, 5.74) is 1.86. The van der Waals surface area contributed by atoms with Crippen LogP contribution in [0.4, 0.5) is 5.82 Å². The Bertz CT molecular complexity index is 1690. The van der Waals surface area contributed by atoms with E-state index in [1.165, 1.54) is 11.5 Å². The van der Waals surface area contributed by atoms with Gasteiger partial charge in [-0.05, 0) is 31.5 Å². The number of pyridine rings is 1. The number of aryl methyl sites for hydroxylation is 1. The molecule has 0 saturated carbocycles. The molecule has 2 aliphatic rings. The van der Waals surface area contributed by atoms with Crippen molar-refractivity contribution < 1.29 is 14.4 Å². The Labute approximate surface area is 212 Å². The molecule has 1 aromatic heterocycles. The molecule has 1 atom stereocenters. The second-order valence-corrected chi connectivity index (χ2v) is 9.50. The van der Waals surface area contributed by atoms with E-state index in [2.05, 4.69) is 10.6 Å². The Hall–Kier alpha value is -4.78. The average Bonchev–Trinajstić information content (AvgIpc) is 3.15. The highest BCUT2D eigenvalue weighted by atomic mass is 16.2. The predicted molar refractivity (Wildman–Crippen MR) is 140 cm³/mol. The van der Waals surface area contributed by atoms with Crippen LogP contribution in [0.1, 0.15) is 55.5 Å². The maximum Gasteiger partial charge on any atom is 0.268 e. The number of carbonyl (C=O) groups excluding carboxylic acids is 3. The lowest BCUT2D eigenvalue weighted by Gasteiger charge is -2.39. The van der Waals surface area contributed by atoms with Crippen LogP contribution in [0.25, 0.3) is 16.8 Å². The van der Waals surface area contributed by atoms with Gasteiger partial charge in [-0.15, -0.1) is 0 Å². The van der Waals surface area contributed by atoms with Gasteiger partial charge in [-0.3, -0.25) is 23.7 Å². The lowest BCUT2D eigenvalue weighted by molar-refractivity contribution is 0.0878. The second-order valence-electron chi connectivity index (χ2n) is 9.50. The number of fused-ring (bicyclic) bond motifs is 3. The van der Waals surface area contributed by atoms with E-state index in [0.29, 0.717) is 22.4 Å². The first-order valence-corrected chi connectivity index (χ1v) is 12.0. The van der Waals surface area contributed by atoms with E-state index < -0.39 is 22.9 Å². The van der Waals surface area contributed by atoms with Gasteiger partial charge in [-0.1, -0.05) is 72.3 Å². The van der Waals surface area contributed by atoms with Crippen molar-refractivity contribution in [3.8, 4) is 16.8 Å². The van der Waals surface area contributed by atoms with Crippen LogP contribution in [-0.2, 0) is 5.66 Å². The summed E-state index contributed by atoms with van der Waals surface area (Å²) in [5.74, 6) is -0.784. The Morgan fingerprint density at radius 1 is 0.838 bits per heavy atom. The van der Waals surface area contributed by atoms with Gasteiger partial charge in [0.2, 0.25) is 0 Å². The van der Waals surface area contributed by atoms with Crippen molar-refractivity contribution in [2.75, 3.05) is 5.32 Å². The lowest BCUT2D eigenvalue weighted by Crippen LogP contribution is -2.55. The highest BCUT2D eigenvalue weighted by Crippen LogP contribution is 2.44. The first-order chi connectivity index (χ1) is 17.8. The van der Waals surface area contributed by atoms with Gasteiger partial charge in [-0.25, -0.2) is 0 Å². The fraction of sp³-hybridized carbons (Fsp3) is 0.133. The van der Waals surface area contributed by atoms with E-state index in [0.717, 1.165) is 5.56 Å². The molecule has 3 aromatic carbocycles. The van der Waals surface area contributed by atoms with Crippen molar-refractivity contribution in [3.05, 3.63) is 117 Å². The molecule has 0 bridgehead atoms. The second kappa shape index (κ2) is 8.13. The third-order valence-electron chi connectivity index (χ3n) is 7.08. The Kier molecular flexibility index (Phi) is 4.98. The van der Waals surface area contributed by atoms with Crippen molar-refractivity contribution in [1.29, 1.82) is 0 Å². The van der Waals surface area contributed by atoms with Crippen LogP contribution in [0, 0.1) is 6.92 Å². The summed E-state index contributed by atoms with van der Waals surface area (Å²) < 4.78 is 1.38. The molecule has 6 rings (SSSR count). The molecule has 182 valence electrons. The predicted octanol–water partition coefficient (Wildman–Crippen LogP) is 4.61. The van der Waals surface area contributed by atoms with E-state index in [-0.39, 0.29) is 34.7 Å². The van der Waals surface area contributed by atoms with Gasteiger partial charge in [0, 0.05) is 16.7 Å². The minimum Gasteiger partial charge on any atom is -0.344 e. The number of nitrogens with zero attached hydrogens (tertiary/aromatic N) is 1. The van der Waals surface area contributed by atoms with Gasteiger partial charge < -0.3 is 10.6 Å². The molecular weight excluding hydrogens is 466 g/mol. The van der Waals surface area contributed by atoms with Crippen LogP contribution < -0.4 is 16.2 Å². The van der Waals surface area contributed by atoms with Crippen LogP contribution in [0.3, 0.4) is 0 Å². The summed E-state index contributed by atoms with van der Waals surface area (Å²) in [6.07, 6.45) is -0.00521. The number of anilines is 1. The lowest BCUT2D eigenvalue weighted by atomic mass is 9.89. The molecule has 1 unspecified atom stereocenters. The molecule has 7 heteroatoms. The van der Waals surface area contributed by atoms with Crippen LogP contribution in [-0.4, -0.2) is 22.0 Å². The molecule has 4 aromatic rings. The highest BCUT2D eigenvalue weighted by molar-refractivity contribution is 6.14. The average molecular weight is 490 g/mol. The Morgan fingerprint density at radius 3 is 2.22 bits per heavy atom. The van der Waals surface area contributed by atoms with Gasteiger partial charge in [0.15, 0.2) is 11.6 Å². The minimum absolute atomic E-state index is 0.00521. The first-order valence-electron chi connectivity index (χ1n) is 12.0. The number of hydrogen-bond donors (Lipinski definition) is 2. The standard InChI is InChI=1S/C30H23N3O4/c1-17-12-14-20(15-13-17)33-27-26(25(19-8-4-3-5-9-19)24(18(2)34)29(33)37)28(36)32-30(31-27)16-23(35)21-10-6-7-11-22(21)30/h3-15,31H,16H2,1-2H3,(H,32,36). The highest BCUT2D eigenvalue weighted by Gasteiger charge is 2.49. The van der Waals surface area contributed by atoms with Crippen molar-refractivity contribution >= 4 is 23.3 Å². The molecule has 7 nitrogen and oxygen atoms in total. The summed E-state index contributed by atoms with van der Waals surface area (Å²) in [4.78, 5) is 54.0. The quantitative estimate of drug-likeness (QED) is 0.410. The van der Waals surface area contributed by atoms with Gasteiger partial charge in [0.25, 0.3) is 11.5 Å². The van der Waals surface area contributed by atoms with Crippen molar-refractivity contribution in [1.82, 2.24) is 9.88 Å². The summed E-state index contributed by atoms with van der Waals surface area (Å²) >= 11 is 0. The van der Waals surface area contributed by atoms with Crippen molar-refractivity contribution in [2.24, 2.45) is 0 Å². The topological polar surface area (TPSA) is 97.3 Å². The smallest absolute Gasteiger partial charge is 0.268 e. The summed E-state index contributed by atoms with van der Waals surface area (Å²) in [6, 6.07) is 23.3. The molecule has 1 aliphatic carbocycles. The van der Waals surface area contributed by atoms with Crippen molar-refractivity contribution in [3.63, 3.8) is 0 Å². The number of hydrogen-bond acceptors (Lipinski definition) is 5. The van der Waals surface area contributed by atoms with E-state index >= 15 is 0 Å². The fourth-order valence-electron chi connectivity index (χ4n) is 5.42. The zero-order valence-electron chi connectivity index (χ0n) is 20.3. The molecule has 1 amide bonds. The number of ketones is 2. The number of Topliss-reactive ketones (excluding diaryl/α,β-unsaturated/α-hetero) is 2. The number of aromatic nitrogens is 1. The SMILES string of the molecule is CC(=O)c1c(-c2ccccc2)c2c(n(-c3ccc(C)cc3)c1=O)NC1(CC(=O)c3ccccc31)NC2=O. The van der Waals surface area contributed by atoms with Crippen LogP contribution in [0.5, 0.6) is 0 Å². The fourth-order valence-corrected chi connectivity index (χ4v) is 5.42. The molecule has 2 heterocycles. The normalized spacial score (nSPS) is 17.7. The van der Waals surface area contributed by atoms with E-state index in [1.54, 1.807) is 54.6 Å². The van der Waals surface area contributed by atoms with Crippen LogP contribution >= 0.6 is 0 Å². The van der Waals surface area contributed by atoms with E-state index in [9.17, 15) is 19.2 Å². The van der Waals surface area contributed by atoms with Crippen molar-refractivity contribution in [2.45, 2.75) is 25.9 Å². The zero-order valence-corrected chi connectivity index (χ0v) is 20.3. The molecule has 2 N–H and O–H groups in total. The molecule has 37 heavy (non-hydrogen) atoms. The summed E-state index contributed by atoms with van der Waals surface area (Å²) in [7, 11) is 0. The summed E-state index contributed by atoms with van der Waals surface area (Å²) in [5, 5.41) is 6.41. The minimum atomic E-state index is -1.22. The molecule has 0 fully saturated rings. The maximum atomic E-state index is 14.1. The maximum absolute atomic E-state index is 14.1. The molecule has 1 spiro atoms.